The zero-order valence-corrected chi connectivity index (χ0v) is 13.0. The molecule has 1 amide bonds. The fourth-order valence-electron chi connectivity index (χ4n) is 3.16. The van der Waals surface area contributed by atoms with Crippen LogP contribution in [0.1, 0.15) is 40.4 Å². The average molecular weight is 296 g/mol. The van der Waals surface area contributed by atoms with Crippen molar-refractivity contribution in [1.82, 2.24) is 9.47 Å². The van der Waals surface area contributed by atoms with Crippen LogP contribution in [-0.2, 0) is 13.5 Å². The van der Waals surface area contributed by atoms with E-state index >= 15 is 0 Å². The number of benzene rings is 1. The lowest BCUT2D eigenvalue weighted by atomic mass is 9.87. The van der Waals surface area contributed by atoms with E-state index in [1.807, 2.05) is 19.2 Å². The molecule has 0 aliphatic heterocycles. The molecule has 1 unspecified atom stereocenters. The molecule has 0 fully saturated rings. The molecule has 1 aliphatic carbocycles. The number of rotatable bonds is 2. The number of aryl methyl sites for hydroxylation is 2. The van der Waals surface area contributed by atoms with E-state index in [0.717, 1.165) is 19.3 Å². The Balaban J connectivity index is 1.91. The Morgan fingerprint density at radius 1 is 1.27 bits per heavy atom. The van der Waals surface area contributed by atoms with E-state index in [9.17, 15) is 9.59 Å². The molecule has 1 aromatic carbocycles. The second-order valence-electron chi connectivity index (χ2n) is 5.89. The molecule has 1 atom stereocenters. The van der Waals surface area contributed by atoms with Crippen molar-refractivity contribution in [1.29, 1.82) is 0 Å². The Labute approximate surface area is 130 Å². The Morgan fingerprint density at radius 3 is 2.82 bits per heavy atom. The van der Waals surface area contributed by atoms with E-state index in [1.54, 1.807) is 24.2 Å². The molecule has 2 aromatic rings. The van der Waals surface area contributed by atoms with Crippen LogP contribution in [0.5, 0.6) is 0 Å². The topological polar surface area (TPSA) is 42.3 Å². The summed E-state index contributed by atoms with van der Waals surface area (Å²) in [7, 11) is 3.50. The lowest BCUT2D eigenvalue weighted by molar-refractivity contribution is 0.0714. The maximum Gasteiger partial charge on any atom is 0.254 e. The molecule has 1 aromatic heterocycles. The van der Waals surface area contributed by atoms with Crippen LogP contribution in [0.15, 0.2) is 47.4 Å². The predicted octanol–water partition coefficient (Wildman–Crippen LogP) is 2.53. The summed E-state index contributed by atoms with van der Waals surface area (Å²) < 4.78 is 1.46. The molecule has 0 saturated carbocycles. The molecular formula is C18H20N2O2. The van der Waals surface area contributed by atoms with Crippen LogP contribution in [0.4, 0.5) is 0 Å². The summed E-state index contributed by atoms with van der Waals surface area (Å²) in [5, 5.41) is 0. The van der Waals surface area contributed by atoms with Gasteiger partial charge in [-0.05, 0) is 36.5 Å². The highest BCUT2D eigenvalue weighted by atomic mass is 16.2. The van der Waals surface area contributed by atoms with Crippen LogP contribution in [0.2, 0.25) is 0 Å². The Hall–Kier alpha value is -2.36. The van der Waals surface area contributed by atoms with E-state index in [-0.39, 0.29) is 17.5 Å². The van der Waals surface area contributed by atoms with Gasteiger partial charge in [0.2, 0.25) is 0 Å². The summed E-state index contributed by atoms with van der Waals surface area (Å²) in [4.78, 5) is 26.2. The first-order valence-corrected chi connectivity index (χ1v) is 7.59. The first-order valence-electron chi connectivity index (χ1n) is 7.59. The minimum Gasteiger partial charge on any atom is -0.335 e. The van der Waals surface area contributed by atoms with Gasteiger partial charge in [0.05, 0.1) is 6.04 Å². The highest BCUT2D eigenvalue weighted by Gasteiger charge is 2.27. The summed E-state index contributed by atoms with van der Waals surface area (Å²) in [6, 6.07) is 11.5. The Bertz CT molecular complexity index is 764. The third-order valence-corrected chi connectivity index (χ3v) is 4.48. The smallest absolute Gasteiger partial charge is 0.254 e. The van der Waals surface area contributed by atoms with Crippen molar-refractivity contribution in [2.75, 3.05) is 7.05 Å². The van der Waals surface area contributed by atoms with Gasteiger partial charge in [-0.25, -0.2) is 0 Å². The summed E-state index contributed by atoms with van der Waals surface area (Å²) in [5.74, 6) is -0.0978. The molecule has 0 spiro atoms. The molecule has 0 saturated heterocycles. The molecule has 0 bridgehead atoms. The number of aromatic nitrogens is 1. The van der Waals surface area contributed by atoms with E-state index in [1.165, 1.54) is 21.8 Å². The molecule has 0 radical (unpaired) electrons. The van der Waals surface area contributed by atoms with Gasteiger partial charge in [-0.2, -0.15) is 0 Å². The summed E-state index contributed by atoms with van der Waals surface area (Å²) in [6.45, 7) is 0. The normalized spacial score (nSPS) is 16.9. The van der Waals surface area contributed by atoms with Crippen LogP contribution in [0.3, 0.4) is 0 Å². The maximum absolute atomic E-state index is 12.7. The third kappa shape index (κ3) is 2.56. The first-order chi connectivity index (χ1) is 10.6. The molecule has 4 heteroatoms. The fourth-order valence-corrected chi connectivity index (χ4v) is 3.16. The second kappa shape index (κ2) is 5.79. The van der Waals surface area contributed by atoms with Gasteiger partial charge in [0.25, 0.3) is 11.5 Å². The van der Waals surface area contributed by atoms with Gasteiger partial charge in [0.15, 0.2) is 0 Å². The van der Waals surface area contributed by atoms with Crippen LogP contribution in [0, 0.1) is 0 Å². The largest absolute Gasteiger partial charge is 0.335 e. The fraction of sp³-hybridized carbons (Fsp3) is 0.333. The molecule has 3 rings (SSSR count). The van der Waals surface area contributed by atoms with Gasteiger partial charge >= 0.3 is 0 Å². The maximum atomic E-state index is 12.7. The van der Waals surface area contributed by atoms with E-state index in [4.69, 9.17) is 0 Å². The van der Waals surface area contributed by atoms with E-state index < -0.39 is 0 Å². The Morgan fingerprint density at radius 2 is 2.05 bits per heavy atom. The number of hydrogen-bond acceptors (Lipinski definition) is 2. The minimum atomic E-state index is -0.164. The lowest BCUT2D eigenvalue weighted by Crippen LogP contribution is -2.34. The van der Waals surface area contributed by atoms with Crippen molar-refractivity contribution in [2.24, 2.45) is 7.05 Å². The lowest BCUT2D eigenvalue weighted by Gasteiger charge is -2.33. The van der Waals surface area contributed by atoms with E-state index in [2.05, 4.69) is 12.1 Å². The monoisotopic (exact) mass is 296 g/mol. The zero-order valence-electron chi connectivity index (χ0n) is 13.0. The highest BCUT2D eigenvalue weighted by Crippen LogP contribution is 2.33. The number of fused-ring (bicyclic) bond motifs is 1. The molecule has 22 heavy (non-hydrogen) atoms. The van der Waals surface area contributed by atoms with Gasteiger partial charge in [-0.3, -0.25) is 9.59 Å². The van der Waals surface area contributed by atoms with Gasteiger partial charge in [-0.15, -0.1) is 0 Å². The van der Waals surface area contributed by atoms with Crippen molar-refractivity contribution in [2.45, 2.75) is 25.3 Å². The molecule has 1 aliphatic rings. The number of nitrogens with zero attached hydrogens (tertiary/aromatic N) is 2. The van der Waals surface area contributed by atoms with Crippen LogP contribution >= 0.6 is 0 Å². The number of hydrogen-bond donors (Lipinski definition) is 0. The minimum absolute atomic E-state index is 0.0847. The highest BCUT2D eigenvalue weighted by molar-refractivity contribution is 5.94. The standard InChI is InChI=1S/C18H20N2O2/c1-19-11-10-14(12-17(19)21)18(22)20(2)16-9-5-7-13-6-3-4-8-15(13)16/h3-4,6,8,10-12,16H,5,7,9H2,1-2H3. The summed E-state index contributed by atoms with van der Waals surface area (Å²) in [6.07, 6.45) is 4.75. The SMILES string of the molecule is CN(C(=O)c1ccn(C)c(=O)c1)C1CCCc2ccccc21. The molecule has 114 valence electrons. The van der Waals surface area contributed by atoms with Crippen molar-refractivity contribution < 1.29 is 4.79 Å². The van der Waals surface area contributed by atoms with Crippen molar-refractivity contribution in [3.8, 4) is 0 Å². The average Bonchev–Trinajstić information content (AvgIpc) is 2.55. The molecule has 4 nitrogen and oxygen atoms in total. The van der Waals surface area contributed by atoms with Crippen LogP contribution in [-0.4, -0.2) is 22.4 Å². The number of carbonyl (C=O) groups is 1. The summed E-state index contributed by atoms with van der Waals surface area (Å²) >= 11 is 0. The Kier molecular flexibility index (Phi) is 3.84. The van der Waals surface area contributed by atoms with Crippen LogP contribution < -0.4 is 5.56 Å². The van der Waals surface area contributed by atoms with E-state index in [0.29, 0.717) is 5.56 Å². The number of amides is 1. The predicted molar refractivity (Wildman–Crippen MR) is 85.9 cm³/mol. The van der Waals surface area contributed by atoms with Gasteiger partial charge < -0.3 is 9.47 Å². The molecule has 1 heterocycles. The van der Waals surface area contributed by atoms with Crippen LogP contribution in [0.25, 0.3) is 0 Å². The molecule has 0 N–H and O–H groups in total. The van der Waals surface area contributed by atoms with Crippen molar-refractivity contribution in [3.05, 3.63) is 69.6 Å². The zero-order chi connectivity index (χ0) is 15.7. The quantitative estimate of drug-likeness (QED) is 0.854. The summed E-state index contributed by atoms with van der Waals surface area (Å²) in [5.41, 5.74) is 2.84. The second-order valence-corrected chi connectivity index (χ2v) is 5.89. The van der Waals surface area contributed by atoms with Crippen molar-refractivity contribution >= 4 is 5.91 Å². The van der Waals surface area contributed by atoms with Gasteiger partial charge in [0, 0.05) is 31.9 Å². The third-order valence-electron chi connectivity index (χ3n) is 4.48. The number of pyridine rings is 1. The van der Waals surface area contributed by atoms with Crippen molar-refractivity contribution in [3.63, 3.8) is 0 Å². The van der Waals surface area contributed by atoms with Gasteiger partial charge in [-0.1, -0.05) is 24.3 Å². The first kappa shape index (κ1) is 14.6. The van der Waals surface area contributed by atoms with Gasteiger partial charge in [0.1, 0.15) is 0 Å². The number of carbonyl (C=O) groups excluding carboxylic acids is 1. The molecular weight excluding hydrogens is 276 g/mol.